The first kappa shape index (κ1) is 20.2. The molecule has 0 spiro atoms. The van der Waals surface area contributed by atoms with E-state index in [-0.39, 0.29) is 17.6 Å². The summed E-state index contributed by atoms with van der Waals surface area (Å²) in [6.07, 6.45) is 2.64. The maximum atomic E-state index is 12.5. The van der Waals surface area contributed by atoms with Crippen molar-refractivity contribution in [2.24, 2.45) is 0 Å². The Labute approximate surface area is 160 Å². The van der Waals surface area contributed by atoms with Gasteiger partial charge in [-0.1, -0.05) is 5.16 Å². The molecule has 2 fully saturated rings. The van der Waals surface area contributed by atoms with Gasteiger partial charge in [0, 0.05) is 44.8 Å². The molecule has 27 heavy (non-hydrogen) atoms. The highest BCUT2D eigenvalue weighted by Crippen LogP contribution is 2.21. The Balaban J connectivity index is 1.56. The molecule has 3 heterocycles. The summed E-state index contributed by atoms with van der Waals surface area (Å²) >= 11 is 0. The van der Waals surface area contributed by atoms with Crippen molar-refractivity contribution in [3.8, 4) is 0 Å². The summed E-state index contributed by atoms with van der Waals surface area (Å²) in [5.74, 6) is 0.367. The number of carbonyl (C=O) groups excluding carboxylic acids is 1. The van der Waals surface area contributed by atoms with Gasteiger partial charge in [-0.3, -0.25) is 9.69 Å². The van der Waals surface area contributed by atoms with Crippen molar-refractivity contribution in [1.29, 1.82) is 0 Å². The Morgan fingerprint density at radius 3 is 2.70 bits per heavy atom. The van der Waals surface area contributed by atoms with Gasteiger partial charge < -0.3 is 14.2 Å². The van der Waals surface area contributed by atoms with Crippen molar-refractivity contribution in [3.05, 3.63) is 17.5 Å². The topological polar surface area (TPSA) is 96.2 Å². The lowest BCUT2D eigenvalue weighted by Crippen LogP contribution is -2.44. The first-order valence-corrected chi connectivity index (χ1v) is 11.2. The van der Waals surface area contributed by atoms with Gasteiger partial charge in [0.05, 0.1) is 19.5 Å². The minimum Gasteiger partial charge on any atom is -0.379 e. The second-order valence-electron chi connectivity index (χ2n) is 7.20. The SMILES string of the molecule is Cc1cc(C(=O)N2CCC(N(CCCN3CCOCC3)S(C)(=O)=O)C2)no1. The molecule has 1 aromatic rings. The number of carbonyl (C=O) groups is 1. The summed E-state index contributed by atoms with van der Waals surface area (Å²) < 4.78 is 36.5. The van der Waals surface area contributed by atoms with Gasteiger partial charge in [0.25, 0.3) is 5.91 Å². The zero-order valence-electron chi connectivity index (χ0n) is 16.0. The number of hydrogen-bond acceptors (Lipinski definition) is 7. The molecular weight excluding hydrogens is 372 g/mol. The number of ether oxygens (including phenoxy) is 1. The Morgan fingerprint density at radius 2 is 2.07 bits per heavy atom. The second kappa shape index (κ2) is 8.68. The van der Waals surface area contributed by atoms with E-state index >= 15 is 0 Å². The molecule has 2 saturated heterocycles. The van der Waals surface area contributed by atoms with Crippen molar-refractivity contribution >= 4 is 15.9 Å². The van der Waals surface area contributed by atoms with Gasteiger partial charge in [-0.25, -0.2) is 8.42 Å². The Bertz CT molecular complexity index is 744. The van der Waals surface area contributed by atoms with Crippen LogP contribution in [0.25, 0.3) is 0 Å². The standard InChI is InChI=1S/C17H28N4O5S/c1-14-12-16(18-26-14)17(22)20-7-4-15(13-20)21(27(2,23)24)6-3-5-19-8-10-25-11-9-19/h12,15H,3-11,13H2,1-2H3. The largest absolute Gasteiger partial charge is 0.379 e. The first-order chi connectivity index (χ1) is 12.8. The molecule has 0 saturated carbocycles. The number of rotatable bonds is 7. The summed E-state index contributed by atoms with van der Waals surface area (Å²) in [5.41, 5.74) is 0.270. The third kappa shape index (κ3) is 5.28. The van der Waals surface area contributed by atoms with Gasteiger partial charge in [-0.2, -0.15) is 4.31 Å². The fraction of sp³-hybridized carbons (Fsp3) is 0.765. The lowest BCUT2D eigenvalue weighted by molar-refractivity contribution is 0.0366. The molecule has 0 bridgehead atoms. The average molecular weight is 401 g/mol. The second-order valence-corrected chi connectivity index (χ2v) is 9.13. The smallest absolute Gasteiger partial charge is 0.276 e. The number of hydrogen-bond donors (Lipinski definition) is 0. The third-order valence-electron chi connectivity index (χ3n) is 5.09. The van der Waals surface area contributed by atoms with Crippen molar-refractivity contribution in [1.82, 2.24) is 19.3 Å². The molecule has 0 radical (unpaired) electrons. The number of aryl methyl sites for hydroxylation is 1. The molecule has 0 N–H and O–H groups in total. The van der Waals surface area contributed by atoms with Crippen LogP contribution in [0.3, 0.4) is 0 Å². The van der Waals surface area contributed by atoms with Crippen LogP contribution in [0.4, 0.5) is 0 Å². The Morgan fingerprint density at radius 1 is 1.33 bits per heavy atom. The maximum Gasteiger partial charge on any atom is 0.276 e. The van der Waals surface area contributed by atoms with Crippen LogP contribution in [0.1, 0.15) is 29.1 Å². The van der Waals surface area contributed by atoms with Crippen LogP contribution in [-0.4, -0.2) is 98.4 Å². The molecule has 1 aromatic heterocycles. The van der Waals surface area contributed by atoms with Gasteiger partial charge in [-0.15, -0.1) is 0 Å². The monoisotopic (exact) mass is 400 g/mol. The van der Waals surface area contributed by atoms with Crippen LogP contribution >= 0.6 is 0 Å². The van der Waals surface area contributed by atoms with E-state index in [9.17, 15) is 13.2 Å². The van der Waals surface area contributed by atoms with E-state index in [4.69, 9.17) is 9.26 Å². The zero-order chi connectivity index (χ0) is 19.4. The molecule has 0 aromatic carbocycles. The fourth-order valence-electron chi connectivity index (χ4n) is 3.68. The molecule has 2 aliphatic heterocycles. The molecule has 2 aliphatic rings. The lowest BCUT2D eigenvalue weighted by atomic mass is 10.2. The van der Waals surface area contributed by atoms with Crippen molar-refractivity contribution in [2.45, 2.75) is 25.8 Å². The highest BCUT2D eigenvalue weighted by Gasteiger charge is 2.35. The number of amides is 1. The predicted octanol–water partition coefficient (Wildman–Crippen LogP) is 0.181. The number of aromatic nitrogens is 1. The van der Waals surface area contributed by atoms with E-state index in [2.05, 4.69) is 10.1 Å². The lowest BCUT2D eigenvalue weighted by Gasteiger charge is -2.29. The van der Waals surface area contributed by atoms with Crippen LogP contribution < -0.4 is 0 Å². The van der Waals surface area contributed by atoms with Gasteiger partial charge in [0.2, 0.25) is 10.0 Å². The normalized spacial score (nSPS) is 21.9. The number of sulfonamides is 1. The van der Waals surface area contributed by atoms with E-state index in [1.165, 1.54) is 6.26 Å². The summed E-state index contributed by atoms with van der Waals surface area (Å²) in [6.45, 7) is 7.20. The minimum atomic E-state index is -3.34. The Hall–Kier alpha value is -1.49. The first-order valence-electron chi connectivity index (χ1n) is 9.34. The van der Waals surface area contributed by atoms with Crippen molar-refractivity contribution in [2.75, 3.05) is 58.7 Å². The van der Waals surface area contributed by atoms with Gasteiger partial charge in [-0.05, 0) is 26.3 Å². The van der Waals surface area contributed by atoms with E-state index in [1.54, 1.807) is 22.2 Å². The maximum absolute atomic E-state index is 12.5. The molecule has 1 amide bonds. The predicted molar refractivity (Wildman–Crippen MR) is 99.0 cm³/mol. The zero-order valence-corrected chi connectivity index (χ0v) is 16.8. The van der Waals surface area contributed by atoms with Crippen molar-refractivity contribution in [3.63, 3.8) is 0 Å². The highest BCUT2D eigenvalue weighted by atomic mass is 32.2. The number of morpholine rings is 1. The van der Waals surface area contributed by atoms with Crippen LogP contribution in [0, 0.1) is 6.92 Å². The van der Waals surface area contributed by atoms with E-state index in [0.29, 0.717) is 31.8 Å². The third-order valence-corrected chi connectivity index (χ3v) is 6.42. The quantitative estimate of drug-likeness (QED) is 0.644. The molecule has 9 nitrogen and oxygen atoms in total. The fourth-order valence-corrected chi connectivity index (χ4v) is 4.86. The number of likely N-dealkylation sites (tertiary alicyclic amines) is 1. The summed E-state index contributed by atoms with van der Waals surface area (Å²) in [6, 6.07) is 1.41. The molecule has 1 unspecified atom stereocenters. The molecule has 3 rings (SSSR count). The molecule has 10 heteroatoms. The Kier molecular flexibility index (Phi) is 6.51. The molecule has 0 aliphatic carbocycles. The van der Waals surface area contributed by atoms with Crippen LogP contribution in [0.15, 0.2) is 10.6 Å². The van der Waals surface area contributed by atoms with E-state index < -0.39 is 10.0 Å². The summed E-state index contributed by atoms with van der Waals surface area (Å²) in [5, 5.41) is 3.77. The van der Waals surface area contributed by atoms with Gasteiger partial charge >= 0.3 is 0 Å². The molecular formula is C17H28N4O5S. The highest BCUT2D eigenvalue weighted by molar-refractivity contribution is 7.88. The molecule has 1 atom stereocenters. The number of nitrogens with zero attached hydrogens (tertiary/aromatic N) is 4. The average Bonchev–Trinajstić information content (AvgIpc) is 3.27. The minimum absolute atomic E-state index is 0.193. The van der Waals surface area contributed by atoms with E-state index in [0.717, 1.165) is 39.3 Å². The summed E-state index contributed by atoms with van der Waals surface area (Å²) in [4.78, 5) is 16.5. The summed E-state index contributed by atoms with van der Waals surface area (Å²) in [7, 11) is -3.34. The van der Waals surface area contributed by atoms with Gasteiger partial charge in [0.15, 0.2) is 5.69 Å². The van der Waals surface area contributed by atoms with Crippen LogP contribution in [-0.2, 0) is 14.8 Å². The van der Waals surface area contributed by atoms with E-state index in [1.807, 2.05) is 0 Å². The van der Waals surface area contributed by atoms with Crippen LogP contribution in [0.5, 0.6) is 0 Å². The molecule has 152 valence electrons. The van der Waals surface area contributed by atoms with Gasteiger partial charge in [0.1, 0.15) is 5.76 Å². The van der Waals surface area contributed by atoms with Crippen molar-refractivity contribution < 1.29 is 22.5 Å². The van der Waals surface area contributed by atoms with Crippen LogP contribution in [0.2, 0.25) is 0 Å².